The highest BCUT2D eigenvalue weighted by Gasteiger charge is 2.22. The average molecular weight is 373 g/mol. The van der Waals surface area contributed by atoms with Crippen molar-refractivity contribution in [3.63, 3.8) is 0 Å². The fourth-order valence-electron chi connectivity index (χ4n) is 3.78. The van der Waals surface area contributed by atoms with Gasteiger partial charge in [-0.3, -0.25) is 9.88 Å². The lowest BCUT2D eigenvalue weighted by atomic mass is 10.1. The summed E-state index contributed by atoms with van der Waals surface area (Å²) in [6, 6.07) is 4.57. The molecule has 2 aromatic heterocycles. The highest BCUT2D eigenvalue weighted by atomic mass is 32.1. The first-order valence-electron chi connectivity index (χ1n) is 9.67. The molecule has 0 N–H and O–H groups in total. The van der Waals surface area contributed by atoms with E-state index in [1.165, 1.54) is 29.0 Å². The van der Waals surface area contributed by atoms with Crippen LogP contribution in [-0.2, 0) is 11.3 Å². The lowest BCUT2D eigenvalue weighted by Gasteiger charge is -2.35. The Bertz CT molecular complexity index is 733. The zero-order valence-corrected chi connectivity index (χ0v) is 16.6. The second kappa shape index (κ2) is 8.03. The monoisotopic (exact) mass is 372 g/mol. The summed E-state index contributed by atoms with van der Waals surface area (Å²) in [5.74, 6) is 1.05. The molecule has 0 aromatic carbocycles. The van der Waals surface area contributed by atoms with E-state index in [1.807, 2.05) is 24.5 Å². The van der Waals surface area contributed by atoms with Gasteiger partial charge >= 0.3 is 0 Å². The summed E-state index contributed by atoms with van der Waals surface area (Å²) in [4.78, 5) is 16.9. The number of hydrogen-bond acceptors (Lipinski definition) is 6. The van der Waals surface area contributed by atoms with Gasteiger partial charge in [0.15, 0.2) is 0 Å². The van der Waals surface area contributed by atoms with E-state index < -0.39 is 0 Å². The number of thiophene rings is 1. The van der Waals surface area contributed by atoms with E-state index >= 15 is 0 Å². The van der Waals surface area contributed by atoms with Gasteiger partial charge in [0.25, 0.3) is 0 Å². The minimum absolute atomic E-state index is 0.335. The van der Waals surface area contributed by atoms with Gasteiger partial charge in [-0.15, -0.1) is 11.3 Å². The van der Waals surface area contributed by atoms with Crippen molar-refractivity contribution in [1.29, 1.82) is 0 Å². The second-order valence-electron chi connectivity index (χ2n) is 7.34. The molecule has 2 aromatic rings. The molecule has 2 fully saturated rings. The summed E-state index contributed by atoms with van der Waals surface area (Å²) in [6.45, 7) is 10.2. The summed E-state index contributed by atoms with van der Waals surface area (Å²) in [5.41, 5.74) is 2.02. The quantitative estimate of drug-likeness (QED) is 0.818. The number of aryl methyl sites for hydroxylation is 2. The molecule has 2 aliphatic rings. The Morgan fingerprint density at radius 1 is 1.15 bits per heavy atom. The van der Waals surface area contributed by atoms with Crippen molar-refractivity contribution in [2.75, 3.05) is 37.7 Å². The van der Waals surface area contributed by atoms with Crippen molar-refractivity contribution in [3.8, 4) is 0 Å². The van der Waals surface area contributed by atoms with Gasteiger partial charge in [-0.25, -0.2) is 4.98 Å². The van der Waals surface area contributed by atoms with E-state index in [9.17, 15) is 0 Å². The summed E-state index contributed by atoms with van der Waals surface area (Å²) in [6.07, 6.45) is 5.86. The second-order valence-corrected chi connectivity index (χ2v) is 8.54. The molecule has 6 heteroatoms. The van der Waals surface area contributed by atoms with Crippen LogP contribution < -0.4 is 4.90 Å². The Kier molecular flexibility index (Phi) is 5.52. The largest absolute Gasteiger partial charge is 0.373 e. The van der Waals surface area contributed by atoms with E-state index in [-0.39, 0.29) is 0 Å². The van der Waals surface area contributed by atoms with Crippen LogP contribution in [0.4, 0.5) is 5.82 Å². The Hall–Kier alpha value is -1.50. The van der Waals surface area contributed by atoms with Gasteiger partial charge < -0.3 is 9.64 Å². The molecule has 4 rings (SSSR count). The Morgan fingerprint density at radius 2 is 2.00 bits per heavy atom. The number of piperazine rings is 1. The van der Waals surface area contributed by atoms with Crippen LogP contribution in [-0.4, -0.2) is 47.7 Å². The van der Waals surface area contributed by atoms with Crippen LogP contribution in [0.5, 0.6) is 0 Å². The molecular formula is C20H28N4OS. The van der Waals surface area contributed by atoms with Crippen LogP contribution in [0.15, 0.2) is 18.3 Å². The molecule has 0 radical (unpaired) electrons. The molecule has 0 spiro atoms. The van der Waals surface area contributed by atoms with Gasteiger partial charge in [0.1, 0.15) is 5.82 Å². The number of rotatable bonds is 4. The van der Waals surface area contributed by atoms with E-state index in [0.717, 1.165) is 56.5 Å². The molecule has 26 heavy (non-hydrogen) atoms. The van der Waals surface area contributed by atoms with Gasteiger partial charge in [0.05, 0.1) is 17.5 Å². The lowest BCUT2D eigenvalue weighted by molar-refractivity contribution is 0.0172. The number of hydrogen-bond donors (Lipinski definition) is 0. The van der Waals surface area contributed by atoms with Gasteiger partial charge in [-0.05, 0) is 45.2 Å². The van der Waals surface area contributed by atoms with Gasteiger partial charge in [-0.1, -0.05) is 0 Å². The fraction of sp³-hybridized carbons (Fsp3) is 0.600. The summed E-state index contributed by atoms with van der Waals surface area (Å²) >= 11 is 1.93. The van der Waals surface area contributed by atoms with Crippen LogP contribution in [0.1, 0.15) is 46.5 Å². The van der Waals surface area contributed by atoms with Crippen LogP contribution in [0, 0.1) is 13.8 Å². The zero-order valence-electron chi connectivity index (χ0n) is 15.8. The standard InChI is InChI=1S/C20H28N4OS/c1-15-13-21-16(2)20(22-15)24-10-8-23(9-11-24)14-17-6-7-19(26-17)18-5-3-4-12-25-18/h6-7,13,18H,3-5,8-12,14H2,1-2H3/t18-/m1/s1. The van der Waals surface area contributed by atoms with Crippen LogP contribution in [0.2, 0.25) is 0 Å². The van der Waals surface area contributed by atoms with E-state index in [4.69, 9.17) is 9.72 Å². The summed E-state index contributed by atoms with van der Waals surface area (Å²) < 4.78 is 5.93. The molecule has 140 valence electrons. The molecule has 0 amide bonds. The SMILES string of the molecule is Cc1cnc(C)c(N2CCN(Cc3ccc([C@H]4CCCCO4)s3)CC2)n1. The third kappa shape index (κ3) is 4.08. The molecule has 4 heterocycles. The molecule has 0 bridgehead atoms. The normalized spacial score (nSPS) is 21.9. The van der Waals surface area contributed by atoms with Crippen molar-refractivity contribution >= 4 is 17.2 Å². The third-order valence-electron chi connectivity index (χ3n) is 5.28. The third-order valence-corrected chi connectivity index (χ3v) is 6.44. The maximum absolute atomic E-state index is 5.93. The maximum Gasteiger partial charge on any atom is 0.150 e. The van der Waals surface area contributed by atoms with Crippen LogP contribution in [0.3, 0.4) is 0 Å². The van der Waals surface area contributed by atoms with Crippen molar-refractivity contribution in [3.05, 3.63) is 39.5 Å². The van der Waals surface area contributed by atoms with E-state index in [2.05, 4.69) is 33.8 Å². The molecule has 1 atom stereocenters. The number of anilines is 1. The molecule has 5 nitrogen and oxygen atoms in total. The van der Waals surface area contributed by atoms with Crippen molar-refractivity contribution in [2.24, 2.45) is 0 Å². The van der Waals surface area contributed by atoms with Gasteiger partial charge in [0.2, 0.25) is 0 Å². The molecule has 0 aliphatic carbocycles. The van der Waals surface area contributed by atoms with E-state index in [0.29, 0.717) is 6.10 Å². The Morgan fingerprint density at radius 3 is 2.77 bits per heavy atom. The van der Waals surface area contributed by atoms with Crippen molar-refractivity contribution < 1.29 is 4.74 Å². The Balaban J connectivity index is 1.32. The summed E-state index contributed by atoms with van der Waals surface area (Å²) in [7, 11) is 0. The Labute approximate surface area is 160 Å². The molecule has 0 saturated carbocycles. The molecule has 0 unspecified atom stereocenters. The first kappa shape index (κ1) is 17.9. The summed E-state index contributed by atoms with van der Waals surface area (Å²) in [5, 5.41) is 0. The minimum atomic E-state index is 0.335. The lowest BCUT2D eigenvalue weighted by Crippen LogP contribution is -2.46. The smallest absolute Gasteiger partial charge is 0.150 e. The molecular weight excluding hydrogens is 344 g/mol. The molecule has 2 saturated heterocycles. The minimum Gasteiger partial charge on any atom is -0.373 e. The number of aromatic nitrogens is 2. The highest BCUT2D eigenvalue weighted by molar-refractivity contribution is 7.12. The fourth-order valence-corrected chi connectivity index (χ4v) is 4.92. The zero-order chi connectivity index (χ0) is 17.9. The predicted molar refractivity (Wildman–Crippen MR) is 106 cm³/mol. The van der Waals surface area contributed by atoms with Crippen LogP contribution >= 0.6 is 11.3 Å². The molecule has 2 aliphatic heterocycles. The number of ether oxygens (including phenoxy) is 1. The highest BCUT2D eigenvalue weighted by Crippen LogP contribution is 2.33. The number of nitrogens with zero attached hydrogens (tertiary/aromatic N) is 4. The average Bonchev–Trinajstić information content (AvgIpc) is 3.14. The first-order chi connectivity index (χ1) is 12.7. The predicted octanol–water partition coefficient (Wildman–Crippen LogP) is 3.72. The van der Waals surface area contributed by atoms with E-state index in [1.54, 1.807) is 0 Å². The van der Waals surface area contributed by atoms with Crippen molar-refractivity contribution in [2.45, 2.75) is 45.8 Å². The topological polar surface area (TPSA) is 41.5 Å². The first-order valence-corrected chi connectivity index (χ1v) is 10.5. The van der Waals surface area contributed by atoms with Crippen molar-refractivity contribution in [1.82, 2.24) is 14.9 Å². The van der Waals surface area contributed by atoms with Gasteiger partial charge in [-0.2, -0.15) is 0 Å². The maximum atomic E-state index is 5.93. The van der Waals surface area contributed by atoms with Crippen LogP contribution in [0.25, 0.3) is 0 Å². The van der Waals surface area contributed by atoms with Gasteiger partial charge in [0, 0.05) is 55.3 Å².